The number of aliphatic imine (C=N–C) groups is 1. The average Bonchev–Trinajstić information content (AvgIpc) is 3.10. The summed E-state index contributed by atoms with van der Waals surface area (Å²) in [5, 5.41) is 12.1. The number of benzene rings is 1. The molecule has 1 saturated heterocycles. The van der Waals surface area contributed by atoms with Gasteiger partial charge in [0.05, 0.1) is 16.2 Å². The molecule has 0 unspecified atom stereocenters. The second-order valence-electron chi connectivity index (χ2n) is 4.43. The van der Waals surface area contributed by atoms with E-state index >= 15 is 0 Å². The van der Waals surface area contributed by atoms with Gasteiger partial charge in [0.2, 0.25) is 0 Å². The van der Waals surface area contributed by atoms with E-state index in [1.54, 1.807) is 30.5 Å². The molecule has 0 aliphatic carbocycles. The summed E-state index contributed by atoms with van der Waals surface area (Å²) in [6.45, 7) is 0. The summed E-state index contributed by atoms with van der Waals surface area (Å²) in [6, 6.07) is 10.1. The number of thioether (sulfide) groups is 1. The Labute approximate surface area is 130 Å². The molecule has 2 heterocycles. The number of nitrogens with one attached hydrogen (secondary N) is 2. The third kappa shape index (κ3) is 2.94. The molecule has 0 radical (unpaired) electrons. The number of aromatic nitrogens is 1. The Morgan fingerprint density at radius 2 is 2.05 bits per heavy atom. The Balaban J connectivity index is 1.89. The van der Waals surface area contributed by atoms with Crippen molar-refractivity contribution in [3.63, 3.8) is 0 Å². The fourth-order valence-electron chi connectivity index (χ4n) is 1.92. The number of carboxylic acid groups (broad SMARTS) is 1. The first kappa shape index (κ1) is 14.2. The van der Waals surface area contributed by atoms with Crippen LogP contribution in [0.3, 0.4) is 0 Å². The van der Waals surface area contributed by atoms with Crippen LogP contribution in [0.2, 0.25) is 0 Å². The molecule has 0 spiro atoms. The zero-order valence-electron chi connectivity index (χ0n) is 11.2. The molecule has 22 heavy (non-hydrogen) atoms. The molecular weight excluding hydrogens is 302 g/mol. The number of aromatic carboxylic acids is 1. The van der Waals surface area contributed by atoms with Crippen LogP contribution in [0.15, 0.2) is 52.5 Å². The predicted molar refractivity (Wildman–Crippen MR) is 85.0 cm³/mol. The van der Waals surface area contributed by atoms with Crippen molar-refractivity contribution in [3.8, 4) is 0 Å². The van der Waals surface area contributed by atoms with Crippen LogP contribution in [-0.4, -0.2) is 27.1 Å². The van der Waals surface area contributed by atoms with Gasteiger partial charge in [0.15, 0.2) is 5.17 Å². The summed E-state index contributed by atoms with van der Waals surface area (Å²) in [5.41, 5.74) is 1.20. The van der Waals surface area contributed by atoms with Gasteiger partial charge in [0.25, 0.3) is 5.91 Å². The van der Waals surface area contributed by atoms with Gasteiger partial charge in [0.1, 0.15) is 0 Å². The molecule has 1 aliphatic rings. The fraction of sp³-hybridized carbons (Fsp3) is 0. The first-order valence-corrected chi connectivity index (χ1v) is 7.20. The van der Waals surface area contributed by atoms with E-state index in [0.29, 0.717) is 15.8 Å². The molecule has 3 N–H and O–H groups in total. The monoisotopic (exact) mass is 313 g/mol. The van der Waals surface area contributed by atoms with Gasteiger partial charge in [-0.15, -0.1) is 0 Å². The highest BCUT2D eigenvalue weighted by atomic mass is 32.2. The minimum absolute atomic E-state index is 0.0895. The number of aromatic amines is 1. The molecule has 1 aromatic heterocycles. The van der Waals surface area contributed by atoms with Crippen LogP contribution in [0.4, 0.5) is 5.69 Å². The van der Waals surface area contributed by atoms with Crippen LogP contribution in [0, 0.1) is 0 Å². The second-order valence-corrected chi connectivity index (χ2v) is 5.46. The molecule has 0 saturated carbocycles. The van der Waals surface area contributed by atoms with Crippen molar-refractivity contribution in [1.82, 2.24) is 10.3 Å². The number of nitrogens with zero attached hydrogens (tertiary/aromatic N) is 1. The van der Waals surface area contributed by atoms with Gasteiger partial charge in [-0.2, -0.15) is 0 Å². The molecule has 1 amide bonds. The molecular formula is C15H11N3O3S. The zero-order chi connectivity index (χ0) is 15.5. The van der Waals surface area contributed by atoms with E-state index in [2.05, 4.69) is 15.3 Å². The fourth-order valence-corrected chi connectivity index (χ4v) is 2.74. The van der Waals surface area contributed by atoms with E-state index in [1.165, 1.54) is 17.8 Å². The topological polar surface area (TPSA) is 94.6 Å². The van der Waals surface area contributed by atoms with Crippen molar-refractivity contribution in [2.75, 3.05) is 0 Å². The summed E-state index contributed by atoms with van der Waals surface area (Å²) < 4.78 is 0. The van der Waals surface area contributed by atoms with Crippen LogP contribution in [0.25, 0.3) is 6.08 Å². The number of H-pyrrole nitrogens is 1. The molecule has 1 aliphatic heterocycles. The predicted octanol–water partition coefficient (Wildman–Crippen LogP) is 2.60. The Kier molecular flexibility index (Phi) is 3.80. The molecule has 1 fully saturated rings. The lowest BCUT2D eigenvalue weighted by molar-refractivity contribution is -0.115. The lowest BCUT2D eigenvalue weighted by Gasteiger charge is -2.00. The van der Waals surface area contributed by atoms with Crippen LogP contribution < -0.4 is 5.32 Å². The highest BCUT2D eigenvalue weighted by molar-refractivity contribution is 8.18. The van der Waals surface area contributed by atoms with Crippen LogP contribution in [0.5, 0.6) is 0 Å². The summed E-state index contributed by atoms with van der Waals surface area (Å²) in [6.07, 6.45) is 3.48. The van der Waals surface area contributed by atoms with E-state index in [9.17, 15) is 9.59 Å². The third-order valence-corrected chi connectivity index (χ3v) is 3.83. The smallest absolute Gasteiger partial charge is 0.337 e. The number of carbonyl (C=O) groups is 2. The number of carbonyl (C=O) groups excluding carboxylic acids is 1. The molecule has 110 valence electrons. The lowest BCUT2D eigenvalue weighted by atomic mass is 10.2. The minimum atomic E-state index is -1.06. The van der Waals surface area contributed by atoms with Crippen LogP contribution in [-0.2, 0) is 4.79 Å². The molecule has 0 atom stereocenters. The highest BCUT2D eigenvalue weighted by Gasteiger charge is 2.24. The lowest BCUT2D eigenvalue weighted by Crippen LogP contribution is -2.19. The van der Waals surface area contributed by atoms with Crippen LogP contribution >= 0.6 is 11.8 Å². The normalized spacial score (nSPS) is 17.9. The molecule has 3 rings (SSSR count). The maximum absolute atomic E-state index is 11.9. The van der Waals surface area contributed by atoms with Crippen molar-refractivity contribution in [1.29, 1.82) is 0 Å². The van der Waals surface area contributed by atoms with Gasteiger partial charge >= 0.3 is 5.97 Å². The molecule has 0 bridgehead atoms. The SMILES string of the molecule is O=C1NC(=Nc2ccccc2C(=O)O)S/C1=C/c1ccc[nH]1. The van der Waals surface area contributed by atoms with Crippen molar-refractivity contribution < 1.29 is 14.7 Å². The number of amides is 1. The van der Waals surface area contributed by atoms with Gasteiger partial charge in [0, 0.05) is 11.9 Å². The summed E-state index contributed by atoms with van der Waals surface area (Å²) >= 11 is 1.17. The van der Waals surface area contributed by atoms with Crippen molar-refractivity contribution in [2.45, 2.75) is 0 Å². The quantitative estimate of drug-likeness (QED) is 0.759. The largest absolute Gasteiger partial charge is 0.478 e. The first-order chi connectivity index (χ1) is 10.6. The van der Waals surface area contributed by atoms with E-state index in [0.717, 1.165) is 5.69 Å². The van der Waals surface area contributed by atoms with Gasteiger partial charge in [-0.05, 0) is 42.1 Å². The maximum Gasteiger partial charge on any atom is 0.337 e. The molecule has 2 aromatic rings. The number of hydrogen-bond donors (Lipinski definition) is 3. The van der Waals surface area contributed by atoms with E-state index in [-0.39, 0.29) is 11.5 Å². The summed E-state index contributed by atoms with van der Waals surface area (Å²) in [4.78, 5) is 30.8. The van der Waals surface area contributed by atoms with Crippen molar-refractivity contribution in [3.05, 3.63) is 58.8 Å². The number of amidine groups is 1. The third-order valence-electron chi connectivity index (χ3n) is 2.92. The Morgan fingerprint density at radius 3 is 2.77 bits per heavy atom. The summed E-state index contributed by atoms with van der Waals surface area (Å²) in [5.74, 6) is -1.32. The van der Waals surface area contributed by atoms with Crippen molar-refractivity contribution >= 4 is 40.6 Å². The van der Waals surface area contributed by atoms with E-state index < -0.39 is 5.97 Å². The maximum atomic E-state index is 11.9. The Bertz CT molecular complexity index is 794. The number of carboxylic acids is 1. The summed E-state index contributed by atoms with van der Waals surface area (Å²) in [7, 11) is 0. The highest BCUT2D eigenvalue weighted by Crippen LogP contribution is 2.28. The second kappa shape index (κ2) is 5.90. The van der Waals surface area contributed by atoms with Gasteiger partial charge in [-0.3, -0.25) is 4.79 Å². The molecule has 6 nitrogen and oxygen atoms in total. The number of rotatable bonds is 3. The Morgan fingerprint density at radius 1 is 1.23 bits per heavy atom. The van der Waals surface area contributed by atoms with Gasteiger partial charge in [-0.25, -0.2) is 9.79 Å². The first-order valence-electron chi connectivity index (χ1n) is 6.39. The van der Waals surface area contributed by atoms with E-state index in [1.807, 2.05) is 12.1 Å². The molecule has 1 aromatic carbocycles. The average molecular weight is 313 g/mol. The standard InChI is InChI=1S/C15H11N3O3S/c19-13-12(8-9-4-3-7-16-9)22-15(18-13)17-11-6-2-1-5-10(11)14(20)21/h1-8,16H,(H,20,21)(H,17,18,19)/b12-8+. The Hall–Kier alpha value is -2.80. The minimum Gasteiger partial charge on any atom is -0.478 e. The van der Waals surface area contributed by atoms with Gasteiger partial charge in [-0.1, -0.05) is 12.1 Å². The van der Waals surface area contributed by atoms with E-state index in [4.69, 9.17) is 5.11 Å². The van der Waals surface area contributed by atoms with Crippen molar-refractivity contribution in [2.24, 2.45) is 4.99 Å². The number of para-hydroxylation sites is 1. The van der Waals surface area contributed by atoms with Crippen LogP contribution in [0.1, 0.15) is 16.1 Å². The number of hydrogen-bond acceptors (Lipinski definition) is 4. The molecule has 7 heteroatoms. The zero-order valence-corrected chi connectivity index (χ0v) is 12.1. The van der Waals surface area contributed by atoms with Gasteiger partial charge < -0.3 is 15.4 Å².